The minimum absolute atomic E-state index is 0.0928. The summed E-state index contributed by atoms with van der Waals surface area (Å²) in [6.45, 7) is 3.87. The second-order valence-electron chi connectivity index (χ2n) is 4.71. The van der Waals surface area contributed by atoms with E-state index >= 15 is 0 Å². The van der Waals surface area contributed by atoms with Gasteiger partial charge in [-0.2, -0.15) is 0 Å². The molecule has 21 heavy (non-hydrogen) atoms. The van der Waals surface area contributed by atoms with Gasteiger partial charge in [-0.3, -0.25) is 4.79 Å². The summed E-state index contributed by atoms with van der Waals surface area (Å²) in [4.78, 5) is 31.0. The van der Waals surface area contributed by atoms with Gasteiger partial charge < -0.3 is 10.4 Å². The number of nitrogens with one attached hydrogen (secondary N) is 1. The maximum absolute atomic E-state index is 12.3. The average molecular weight is 305 g/mol. The molecule has 6 nitrogen and oxygen atoms in total. The number of rotatable bonds is 5. The Hall–Kier alpha value is -2.28. The first-order valence-corrected chi connectivity index (χ1v) is 7.26. The number of thiazole rings is 1. The summed E-state index contributed by atoms with van der Waals surface area (Å²) in [5.41, 5.74) is -0.336. The standard InChI is InChI=1S/C14H15N3O3S/c1-3-14(2,13-15-6-7-21-13)17-11(18)9-4-5-10(12(19)20)16-8-9/h4-8H,3H2,1-2H3,(H,17,18)(H,19,20). The van der Waals surface area contributed by atoms with Crippen LogP contribution in [0.5, 0.6) is 0 Å². The van der Waals surface area contributed by atoms with Gasteiger partial charge in [-0.25, -0.2) is 14.8 Å². The van der Waals surface area contributed by atoms with Crippen LogP contribution in [0, 0.1) is 0 Å². The van der Waals surface area contributed by atoms with Crippen LogP contribution in [0.2, 0.25) is 0 Å². The Balaban J connectivity index is 2.18. The lowest BCUT2D eigenvalue weighted by Crippen LogP contribution is -2.43. The second-order valence-corrected chi connectivity index (χ2v) is 5.61. The third kappa shape index (κ3) is 3.25. The van der Waals surface area contributed by atoms with Gasteiger partial charge >= 0.3 is 5.97 Å². The summed E-state index contributed by atoms with van der Waals surface area (Å²) < 4.78 is 0. The van der Waals surface area contributed by atoms with Crippen LogP contribution in [0.15, 0.2) is 29.9 Å². The Morgan fingerprint density at radius 2 is 2.14 bits per heavy atom. The van der Waals surface area contributed by atoms with Gasteiger partial charge in [-0.15, -0.1) is 11.3 Å². The molecule has 2 N–H and O–H groups in total. The number of carbonyl (C=O) groups excluding carboxylic acids is 1. The van der Waals surface area contributed by atoms with E-state index in [1.165, 1.54) is 29.7 Å². The van der Waals surface area contributed by atoms with Crippen molar-refractivity contribution >= 4 is 23.2 Å². The molecule has 1 atom stereocenters. The van der Waals surface area contributed by atoms with E-state index in [-0.39, 0.29) is 11.6 Å². The number of carboxylic acid groups (broad SMARTS) is 1. The molecule has 0 aliphatic carbocycles. The molecule has 0 radical (unpaired) electrons. The number of amides is 1. The number of hydrogen-bond donors (Lipinski definition) is 2. The smallest absolute Gasteiger partial charge is 0.354 e. The average Bonchev–Trinajstić information content (AvgIpc) is 3.02. The molecule has 2 aromatic heterocycles. The zero-order valence-corrected chi connectivity index (χ0v) is 12.5. The van der Waals surface area contributed by atoms with Crippen molar-refractivity contribution in [3.8, 4) is 0 Å². The van der Waals surface area contributed by atoms with Crippen LogP contribution in [0.25, 0.3) is 0 Å². The van der Waals surface area contributed by atoms with E-state index in [2.05, 4.69) is 15.3 Å². The van der Waals surface area contributed by atoms with Crippen molar-refractivity contribution in [2.75, 3.05) is 0 Å². The summed E-state index contributed by atoms with van der Waals surface area (Å²) in [5.74, 6) is -1.43. The highest BCUT2D eigenvalue weighted by Gasteiger charge is 2.29. The number of nitrogens with zero attached hydrogens (tertiary/aromatic N) is 2. The van der Waals surface area contributed by atoms with Crippen molar-refractivity contribution in [3.05, 3.63) is 46.2 Å². The van der Waals surface area contributed by atoms with Crippen molar-refractivity contribution in [2.45, 2.75) is 25.8 Å². The Bertz CT molecular complexity index is 640. The summed E-state index contributed by atoms with van der Waals surface area (Å²) in [7, 11) is 0. The highest BCUT2D eigenvalue weighted by atomic mass is 32.1. The molecule has 0 spiro atoms. The fourth-order valence-corrected chi connectivity index (χ4v) is 2.59. The van der Waals surface area contributed by atoms with E-state index in [0.29, 0.717) is 12.0 Å². The molecule has 0 saturated heterocycles. The Morgan fingerprint density at radius 3 is 2.62 bits per heavy atom. The van der Waals surface area contributed by atoms with Gasteiger partial charge in [0.05, 0.1) is 11.1 Å². The number of carboxylic acids is 1. The topological polar surface area (TPSA) is 92.2 Å². The molecule has 2 aromatic rings. The van der Waals surface area contributed by atoms with Crippen molar-refractivity contribution < 1.29 is 14.7 Å². The fraction of sp³-hybridized carbons (Fsp3) is 0.286. The van der Waals surface area contributed by atoms with Gasteiger partial charge in [-0.05, 0) is 25.5 Å². The molecule has 1 amide bonds. The number of pyridine rings is 1. The molecular weight excluding hydrogens is 290 g/mol. The predicted molar refractivity (Wildman–Crippen MR) is 78.4 cm³/mol. The molecule has 0 fully saturated rings. The largest absolute Gasteiger partial charge is 0.477 e. The lowest BCUT2D eigenvalue weighted by molar-refractivity contribution is 0.0689. The molecule has 2 heterocycles. The van der Waals surface area contributed by atoms with Gasteiger partial charge in [-0.1, -0.05) is 6.92 Å². The SMILES string of the molecule is CCC(C)(NC(=O)c1ccc(C(=O)O)nc1)c1nccs1. The Morgan fingerprint density at radius 1 is 1.38 bits per heavy atom. The number of hydrogen-bond acceptors (Lipinski definition) is 5. The Kier molecular flexibility index (Phi) is 4.32. The molecule has 0 aliphatic rings. The van der Waals surface area contributed by atoms with Gasteiger partial charge in [0.15, 0.2) is 0 Å². The molecule has 110 valence electrons. The molecule has 0 aliphatic heterocycles. The Labute approximate surface area is 125 Å². The fourth-order valence-electron chi connectivity index (χ4n) is 1.77. The summed E-state index contributed by atoms with van der Waals surface area (Å²) in [5, 5.41) is 14.4. The second kappa shape index (κ2) is 6.01. The molecule has 2 rings (SSSR count). The van der Waals surface area contributed by atoms with Crippen LogP contribution >= 0.6 is 11.3 Å². The molecule has 0 saturated carbocycles. The van der Waals surface area contributed by atoms with Crippen LogP contribution in [-0.2, 0) is 5.54 Å². The summed E-state index contributed by atoms with van der Waals surface area (Å²) in [6.07, 6.45) is 3.65. The lowest BCUT2D eigenvalue weighted by Gasteiger charge is -2.27. The van der Waals surface area contributed by atoms with Crippen LogP contribution in [-0.4, -0.2) is 27.0 Å². The van der Waals surface area contributed by atoms with Crippen LogP contribution in [0.3, 0.4) is 0 Å². The van der Waals surface area contributed by atoms with Crippen molar-refractivity contribution in [1.82, 2.24) is 15.3 Å². The van der Waals surface area contributed by atoms with Crippen molar-refractivity contribution in [1.29, 1.82) is 0 Å². The van der Waals surface area contributed by atoms with E-state index in [1.54, 1.807) is 6.20 Å². The zero-order valence-electron chi connectivity index (χ0n) is 11.7. The highest BCUT2D eigenvalue weighted by molar-refractivity contribution is 7.09. The van der Waals surface area contributed by atoms with Crippen molar-refractivity contribution in [2.24, 2.45) is 0 Å². The third-order valence-corrected chi connectivity index (χ3v) is 4.28. The number of carbonyl (C=O) groups is 2. The van der Waals surface area contributed by atoms with Gasteiger partial charge in [0.2, 0.25) is 0 Å². The maximum atomic E-state index is 12.3. The first kappa shape index (κ1) is 15.1. The highest BCUT2D eigenvalue weighted by Crippen LogP contribution is 2.26. The molecule has 0 bridgehead atoms. The third-order valence-electron chi connectivity index (χ3n) is 3.25. The predicted octanol–water partition coefficient (Wildman–Crippen LogP) is 2.29. The van der Waals surface area contributed by atoms with Crippen molar-refractivity contribution in [3.63, 3.8) is 0 Å². The first-order valence-electron chi connectivity index (χ1n) is 6.38. The van der Waals surface area contributed by atoms with Gasteiger partial charge in [0, 0.05) is 17.8 Å². The lowest BCUT2D eigenvalue weighted by atomic mass is 9.99. The monoisotopic (exact) mass is 305 g/mol. The summed E-state index contributed by atoms with van der Waals surface area (Å²) >= 11 is 1.48. The zero-order chi connectivity index (χ0) is 15.5. The quantitative estimate of drug-likeness (QED) is 0.884. The molecule has 7 heteroatoms. The van der Waals surface area contributed by atoms with Gasteiger partial charge in [0.1, 0.15) is 10.7 Å². The number of aromatic nitrogens is 2. The molecular formula is C14H15N3O3S. The van der Waals surface area contributed by atoms with Crippen LogP contribution in [0.4, 0.5) is 0 Å². The summed E-state index contributed by atoms with van der Waals surface area (Å²) in [6, 6.07) is 2.76. The normalized spacial score (nSPS) is 13.4. The maximum Gasteiger partial charge on any atom is 0.354 e. The van der Waals surface area contributed by atoms with E-state index in [1.807, 2.05) is 19.2 Å². The molecule has 1 unspecified atom stereocenters. The van der Waals surface area contributed by atoms with E-state index < -0.39 is 11.5 Å². The first-order chi connectivity index (χ1) is 9.96. The van der Waals surface area contributed by atoms with Crippen LogP contribution < -0.4 is 5.32 Å². The van der Waals surface area contributed by atoms with E-state index in [9.17, 15) is 9.59 Å². The minimum atomic E-state index is -1.12. The van der Waals surface area contributed by atoms with E-state index in [0.717, 1.165) is 5.01 Å². The van der Waals surface area contributed by atoms with E-state index in [4.69, 9.17) is 5.11 Å². The minimum Gasteiger partial charge on any atom is -0.477 e. The number of aromatic carboxylic acids is 1. The molecule has 0 aromatic carbocycles. The van der Waals surface area contributed by atoms with Crippen LogP contribution in [0.1, 0.15) is 46.1 Å². The van der Waals surface area contributed by atoms with Gasteiger partial charge in [0.25, 0.3) is 5.91 Å².